The van der Waals surface area contributed by atoms with Crippen LogP contribution in [-0.4, -0.2) is 24.5 Å². The predicted octanol–water partition coefficient (Wildman–Crippen LogP) is 2.89. The molecule has 2 aromatic carbocycles. The SMILES string of the molecule is O=C(Nc1ccc(F)cc1F)N[C@@H]1CC(=O)N(c2ccccc2)C1. The Balaban J connectivity index is 1.60. The van der Waals surface area contributed by atoms with Gasteiger partial charge in [0.1, 0.15) is 11.6 Å². The van der Waals surface area contributed by atoms with Crippen LogP contribution in [0.15, 0.2) is 48.5 Å². The van der Waals surface area contributed by atoms with E-state index in [9.17, 15) is 18.4 Å². The van der Waals surface area contributed by atoms with Gasteiger partial charge in [0.25, 0.3) is 0 Å². The van der Waals surface area contributed by atoms with Crippen molar-refractivity contribution in [1.29, 1.82) is 0 Å². The standard InChI is InChI=1S/C17H15F2N3O2/c18-11-6-7-15(14(19)8-11)21-17(24)20-12-9-16(23)22(10-12)13-4-2-1-3-5-13/h1-8,12H,9-10H2,(H2,20,21,24)/t12-/m1/s1. The topological polar surface area (TPSA) is 61.4 Å². The van der Waals surface area contributed by atoms with Crippen LogP contribution in [0.2, 0.25) is 0 Å². The van der Waals surface area contributed by atoms with E-state index in [0.717, 1.165) is 17.8 Å². The summed E-state index contributed by atoms with van der Waals surface area (Å²) in [7, 11) is 0. The van der Waals surface area contributed by atoms with E-state index in [1.807, 2.05) is 30.3 Å². The normalized spacial score (nSPS) is 17.0. The summed E-state index contributed by atoms with van der Waals surface area (Å²) in [5.41, 5.74) is 0.634. The molecule has 0 aliphatic carbocycles. The summed E-state index contributed by atoms with van der Waals surface area (Å²) in [5, 5.41) is 4.94. The van der Waals surface area contributed by atoms with Crippen molar-refractivity contribution >= 4 is 23.3 Å². The van der Waals surface area contributed by atoms with E-state index in [1.165, 1.54) is 0 Å². The number of hydrogen-bond acceptors (Lipinski definition) is 2. The summed E-state index contributed by atoms with van der Waals surface area (Å²) in [5.74, 6) is -1.68. The zero-order valence-corrected chi connectivity index (χ0v) is 12.6. The van der Waals surface area contributed by atoms with E-state index < -0.39 is 17.7 Å². The van der Waals surface area contributed by atoms with Gasteiger partial charge in [-0.1, -0.05) is 18.2 Å². The molecule has 1 aliphatic rings. The van der Waals surface area contributed by atoms with Crippen LogP contribution in [0.25, 0.3) is 0 Å². The summed E-state index contributed by atoms with van der Waals surface area (Å²) < 4.78 is 26.4. The first kappa shape index (κ1) is 15.9. The fourth-order valence-corrected chi connectivity index (χ4v) is 2.60. The van der Waals surface area contributed by atoms with E-state index >= 15 is 0 Å². The molecule has 2 aromatic rings. The molecular formula is C17H15F2N3O2. The molecule has 7 heteroatoms. The van der Waals surface area contributed by atoms with E-state index in [2.05, 4.69) is 10.6 Å². The molecule has 124 valence electrons. The number of hydrogen-bond donors (Lipinski definition) is 2. The summed E-state index contributed by atoms with van der Waals surface area (Å²) in [6, 6.07) is 11.0. The molecule has 5 nitrogen and oxygen atoms in total. The number of carbonyl (C=O) groups excluding carboxylic acids is 2. The van der Waals surface area contributed by atoms with Crippen molar-refractivity contribution in [3.8, 4) is 0 Å². The second-order valence-electron chi connectivity index (χ2n) is 5.46. The lowest BCUT2D eigenvalue weighted by molar-refractivity contribution is -0.117. The summed E-state index contributed by atoms with van der Waals surface area (Å²) in [6.45, 7) is 0.335. The first-order chi connectivity index (χ1) is 11.5. The molecule has 0 bridgehead atoms. The Kier molecular flexibility index (Phi) is 4.41. The van der Waals surface area contributed by atoms with Gasteiger partial charge in [-0.2, -0.15) is 0 Å². The molecule has 0 spiro atoms. The van der Waals surface area contributed by atoms with Gasteiger partial charge < -0.3 is 15.5 Å². The maximum Gasteiger partial charge on any atom is 0.319 e. The number of nitrogens with zero attached hydrogens (tertiary/aromatic N) is 1. The maximum atomic E-state index is 13.5. The largest absolute Gasteiger partial charge is 0.333 e. The minimum Gasteiger partial charge on any atom is -0.333 e. The average Bonchev–Trinajstić information content (AvgIpc) is 2.91. The summed E-state index contributed by atoms with van der Waals surface area (Å²) in [4.78, 5) is 25.6. The van der Waals surface area contributed by atoms with E-state index in [4.69, 9.17) is 0 Å². The molecule has 3 rings (SSSR count). The highest BCUT2D eigenvalue weighted by Crippen LogP contribution is 2.21. The Bertz CT molecular complexity index is 768. The lowest BCUT2D eigenvalue weighted by Crippen LogP contribution is -2.39. The van der Waals surface area contributed by atoms with Crippen LogP contribution in [0.4, 0.5) is 25.0 Å². The fraction of sp³-hybridized carbons (Fsp3) is 0.176. The first-order valence-corrected chi connectivity index (χ1v) is 7.41. The van der Waals surface area contributed by atoms with Crippen molar-refractivity contribution in [3.05, 3.63) is 60.2 Å². The molecule has 0 radical (unpaired) electrons. The van der Waals surface area contributed by atoms with Crippen molar-refractivity contribution in [2.75, 3.05) is 16.8 Å². The van der Waals surface area contributed by atoms with Crippen LogP contribution < -0.4 is 15.5 Å². The van der Waals surface area contributed by atoms with Crippen molar-refractivity contribution in [1.82, 2.24) is 5.32 Å². The minimum atomic E-state index is -0.862. The van der Waals surface area contributed by atoms with Gasteiger partial charge in [0, 0.05) is 24.7 Å². The lowest BCUT2D eigenvalue weighted by atomic mass is 10.2. The van der Waals surface area contributed by atoms with E-state index in [0.29, 0.717) is 12.6 Å². The second kappa shape index (κ2) is 6.66. The zero-order chi connectivity index (χ0) is 17.1. The van der Waals surface area contributed by atoms with Crippen LogP contribution in [0.1, 0.15) is 6.42 Å². The number of nitrogens with one attached hydrogen (secondary N) is 2. The van der Waals surface area contributed by atoms with Gasteiger partial charge in [0.2, 0.25) is 5.91 Å². The summed E-state index contributed by atoms with van der Waals surface area (Å²) in [6.07, 6.45) is 0.161. The number of halogens is 2. The maximum absolute atomic E-state index is 13.5. The van der Waals surface area contributed by atoms with Crippen molar-refractivity contribution in [3.63, 3.8) is 0 Å². The molecule has 3 amide bonds. The molecule has 0 aromatic heterocycles. The molecule has 1 saturated heterocycles. The molecule has 24 heavy (non-hydrogen) atoms. The molecule has 1 heterocycles. The van der Waals surface area contributed by atoms with Gasteiger partial charge in [-0.05, 0) is 24.3 Å². The van der Waals surface area contributed by atoms with Gasteiger partial charge in [-0.3, -0.25) is 4.79 Å². The van der Waals surface area contributed by atoms with Crippen molar-refractivity contribution in [2.45, 2.75) is 12.5 Å². The van der Waals surface area contributed by atoms with Gasteiger partial charge in [0.05, 0.1) is 11.7 Å². The monoisotopic (exact) mass is 331 g/mol. The van der Waals surface area contributed by atoms with E-state index in [1.54, 1.807) is 4.90 Å². The van der Waals surface area contributed by atoms with Gasteiger partial charge in [-0.15, -0.1) is 0 Å². The van der Waals surface area contributed by atoms with Crippen LogP contribution >= 0.6 is 0 Å². The molecule has 1 fully saturated rings. The van der Waals surface area contributed by atoms with Crippen LogP contribution in [-0.2, 0) is 4.79 Å². The predicted molar refractivity (Wildman–Crippen MR) is 85.7 cm³/mol. The minimum absolute atomic E-state index is 0.0977. The van der Waals surface area contributed by atoms with Crippen LogP contribution in [0, 0.1) is 11.6 Å². The average molecular weight is 331 g/mol. The van der Waals surface area contributed by atoms with Crippen LogP contribution in [0.5, 0.6) is 0 Å². The highest BCUT2D eigenvalue weighted by molar-refractivity contribution is 5.97. The van der Waals surface area contributed by atoms with Gasteiger partial charge in [0.15, 0.2) is 0 Å². The highest BCUT2D eigenvalue weighted by Gasteiger charge is 2.31. The number of para-hydroxylation sites is 1. The Hall–Kier alpha value is -2.96. The Morgan fingerprint density at radius 2 is 1.88 bits per heavy atom. The number of benzene rings is 2. The number of urea groups is 1. The first-order valence-electron chi connectivity index (χ1n) is 7.41. The van der Waals surface area contributed by atoms with Gasteiger partial charge >= 0.3 is 6.03 Å². The molecule has 1 atom stereocenters. The Morgan fingerprint density at radius 3 is 2.58 bits per heavy atom. The smallest absolute Gasteiger partial charge is 0.319 e. The molecule has 0 unspecified atom stereocenters. The van der Waals surface area contributed by atoms with Crippen LogP contribution in [0.3, 0.4) is 0 Å². The molecule has 1 aliphatic heterocycles. The number of rotatable bonds is 3. The third-order valence-electron chi connectivity index (χ3n) is 3.71. The highest BCUT2D eigenvalue weighted by atomic mass is 19.1. The second-order valence-corrected chi connectivity index (χ2v) is 5.46. The van der Waals surface area contributed by atoms with E-state index in [-0.39, 0.29) is 24.1 Å². The quantitative estimate of drug-likeness (QED) is 0.908. The van der Waals surface area contributed by atoms with Crippen molar-refractivity contribution < 1.29 is 18.4 Å². The summed E-state index contributed by atoms with van der Waals surface area (Å²) >= 11 is 0. The zero-order valence-electron chi connectivity index (χ0n) is 12.6. The van der Waals surface area contributed by atoms with Gasteiger partial charge in [-0.25, -0.2) is 13.6 Å². The third-order valence-corrected chi connectivity index (χ3v) is 3.71. The molecular weight excluding hydrogens is 316 g/mol. The molecule has 2 N–H and O–H groups in total. The molecule has 0 saturated carbocycles. The third kappa shape index (κ3) is 3.51. The Morgan fingerprint density at radius 1 is 1.12 bits per heavy atom. The number of anilines is 2. The lowest BCUT2D eigenvalue weighted by Gasteiger charge is -2.17. The Labute approximate surface area is 137 Å². The van der Waals surface area contributed by atoms with Crippen molar-refractivity contribution in [2.24, 2.45) is 0 Å². The number of amides is 3. The fourth-order valence-electron chi connectivity index (χ4n) is 2.60. The number of carbonyl (C=O) groups is 2.